The number of aliphatic imine (C=N–C) groups is 1. The highest BCUT2D eigenvalue weighted by Gasteiger charge is 2.03. The van der Waals surface area contributed by atoms with Crippen molar-refractivity contribution in [3.8, 4) is 6.07 Å². The average molecular weight is 233 g/mol. The largest absolute Gasteiger partial charge is 0.369 e. The molecule has 0 amide bonds. The van der Waals surface area contributed by atoms with Gasteiger partial charge in [-0.15, -0.1) is 0 Å². The van der Waals surface area contributed by atoms with Crippen LogP contribution in [0.1, 0.15) is 0 Å². The van der Waals surface area contributed by atoms with Crippen molar-refractivity contribution in [3.05, 3.63) is 9.90 Å². The molecule has 0 saturated carbocycles. The number of hydrogen-bond donors (Lipinski definition) is 1. The Balaban J connectivity index is 2.61. The Hall–Kier alpha value is -0.570. The Bertz CT molecular complexity index is 201. The van der Waals surface area contributed by atoms with Gasteiger partial charge in [-0.05, 0) is 22.6 Å². The third-order valence-corrected chi connectivity index (χ3v) is 1.46. The fraction of sp³-hybridized carbons (Fsp3) is 0.200. The maximum Gasteiger partial charge on any atom is 0.150 e. The number of nitrogens with zero attached hydrogens (tertiary/aromatic N) is 2. The van der Waals surface area contributed by atoms with Crippen molar-refractivity contribution in [2.24, 2.45) is 4.99 Å². The first-order valence-electron chi connectivity index (χ1n) is 2.38. The van der Waals surface area contributed by atoms with E-state index < -0.39 is 0 Å². The van der Waals surface area contributed by atoms with E-state index in [1.165, 1.54) is 0 Å². The summed E-state index contributed by atoms with van der Waals surface area (Å²) < 4.78 is 0.874. The fourth-order valence-electron chi connectivity index (χ4n) is 0.455. The lowest BCUT2D eigenvalue weighted by Crippen LogP contribution is -2.26. The highest BCUT2D eigenvalue weighted by atomic mass is 127. The second kappa shape index (κ2) is 2.82. The normalized spacial score (nSPS) is 24.0. The number of nitriles is 1. The molecule has 1 N–H and O–H groups in total. The molecular formula is C5H4IN3. The quantitative estimate of drug-likeness (QED) is 0.496. The Kier molecular flexibility index (Phi) is 2.05. The molecule has 46 valence electrons. The van der Waals surface area contributed by atoms with Gasteiger partial charge < -0.3 is 5.32 Å². The third-order valence-electron chi connectivity index (χ3n) is 0.868. The Morgan fingerprint density at radius 1 is 1.89 bits per heavy atom. The summed E-state index contributed by atoms with van der Waals surface area (Å²) in [7, 11) is 0. The smallest absolute Gasteiger partial charge is 0.150 e. The van der Waals surface area contributed by atoms with Crippen LogP contribution in [0.25, 0.3) is 0 Å². The summed E-state index contributed by atoms with van der Waals surface area (Å²) in [5, 5.41) is 11.2. The second-order valence-corrected chi connectivity index (χ2v) is 2.62. The maximum absolute atomic E-state index is 8.34. The maximum atomic E-state index is 8.34. The van der Waals surface area contributed by atoms with E-state index in [-0.39, 0.29) is 6.04 Å². The molecule has 1 unspecified atom stereocenters. The van der Waals surface area contributed by atoms with Crippen molar-refractivity contribution in [1.82, 2.24) is 5.32 Å². The van der Waals surface area contributed by atoms with Crippen LogP contribution in [0.5, 0.6) is 0 Å². The first kappa shape index (κ1) is 6.55. The van der Waals surface area contributed by atoms with E-state index in [4.69, 9.17) is 5.26 Å². The van der Waals surface area contributed by atoms with Gasteiger partial charge in [0.25, 0.3) is 0 Å². The zero-order chi connectivity index (χ0) is 6.69. The number of nitrogens with one attached hydrogen (secondary N) is 1. The molecule has 3 nitrogen and oxygen atoms in total. The van der Waals surface area contributed by atoms with Gasteiger partial charge in [-0.1, -0.05) is 0 Å². The monoisotopic (exact) mass is 233 g/mol. The number of hydrogen-bond acceptors (Lipinski definition) is 3. The summed E-state index contributed by atoms with van der Waals surface area (Å²) in [6, 6.07) is 1.77. The lowest BCUT2D eigenvalue weighted by molar-refractivity contribution is 0.882. The zero-order valence-electron chi connectivity index (χ0n) is 4.50. The minimum atomic E-state index is -0.247. The summed E-state index contributed by atoms with van der Waals surface area (Å²) in [4.78, 5) is 3.92. The molecule has 4 heteroatoms. The summed E-state index contributed by atoms with van der Waals surface area (Å²) in [5.41, 5.74) is 0. The minimum Gasteiger partial charge on any atom is -0.369 e. The molecule has 1 rings (SSSR count). The van der Waals surface area contributed by atoms with Gasteiger partial charge in [-0.25, -0.2) is 4.99 Å². The van der Waals surface area contributed by atoms with Gasteiger partial charge in [-0.3, -0.25) is 0 Å². The van der Waals surface area contributed by atoms with Crippen molar-refractivity contribution in [1.29, 1.82) is 5.26 Å². The van der Waals surface area contributed by atoms with Crippen LogP contribution in [0.2, 0.25) is 0 Å². The molecule has 0 bridgehead atoms. The predicted octanol–water partition coefficient (Wildman–Crippen LogP) is 0.786. The van der Waals surface area contributed by atoms with Gasteiger partial charge >= 0.3 is 0 Å². The molecule has 1 heterocycles. The van der Waals surface area contributed by atoms with Gasteiger partial charge in [0.1, 0.15) is 9.75 Å². The fourth-order valence-corrected chi connectivity index (χ4v) is 0.796. The molecular weight excluding hydrogens is 229 g/mol. The second-order valence-electron chi connectivity index (χ2n) is 1.52. The zero-order valence-corrected chi connectivity index (χ0v) is 6.66. The topological polar surface area (TPSA) is 48.2 Å². The lowest BCUT2D eigenvalue weighted by Gasteiger charge is -2.06. The SMILES string of the molecule is N#CC1C=NC(I)=CN1. The van der Waals surface area contributed by atoms with Gasteiger partial charge in [0.2, 0.25) is 0 Å². The molecule has 0 aliphatic carbocycles. The minimum absolute atomic E-state index is 0.247. The van der Waals surface area contributed by atoms with E-state index in [0.29, 0.717) is 0 Å². The van der Waals surface area contributed by atoms with Crippen LogP contribution in [0, 0.1) is 11.3 Å². The molecule has 0 fully saturated rings. The van der Waals surface area contributed by atoms with Crippen LogP contribution < -0.4 is 5.32 Å². The molecule has 1 atom stereocenters. The Morgan fingerprint density at radius 3 is 3.11 bits per heavy atom. The Morgan fingerprint density at radius 2 is 2.67 bits per heavy atom. The van der Waals surface area contributed by atoms with E-state index in [0.717, 1.165) is 3.70 Å². The van der Waals surface area contributed by atoms with Gasteiger partial charge in [-0.2, -0.15) is 5.26 Å². The highest BCUT2D eigenvalue weighted by molar-refractivity contribution is 14.1. The average Bonchev–Trinajstić information content (AvgIpc) is 1.90. The van der Waals surface area contributed by atoms with Crippen molar-refractivity contribution in [2.45, 2.75) is 6.04 Å². The molecule has 0 aromatic carbocycles. The van der Waals surface area contributed by atoms with E-state index in [1.54, 1.807) is 12.4 Å². The molecule has 0 spiro atoms. The summed E-state index contributed by atoms with van der Waals surface area (Å²) in [6.45, 7) is 0. The third kappa shape index (κ3) is 1.68. The van der Waals surface area contributed by atoms with Crippen LogP contribution in [0.3, 0.4) is 0 Å². The molecule has 0 aromatic rings. The first-order valence-corrected chi connectivity index (χ1v) is 3.46. The molecule has 0 radical (unpaired) electrons. The van der Waals surface area contributed by atoms with E-state index in [9.17, 15) is 0 Å². The number of rotatable bonds is 0. The van der Waals surface area contributed by atoms with E-state index >= 15 is 0 Å². The summed E-state index contributed by atoms with van der Waals surface area (Å²) in [5.74, 6) is 0. The van der Waals surface area contributed by atoms with E-state index in [2.05, 4.69) is 32.9 Å². The molecule has 1 aliphatic rings. The standard InChI is InChI=1S/C5H4IN3/c6-5-3-8-4(1-7)2-9-5/h2-4,8H. The lowest BCUT2D eigenvalue weighted by atomic mass is 10.3. The molecule has 1 aliphatic heterocycles. The van der Waals surface area contributed by atoms with Crippen molar-refractivity contribution in [2.75, 3.05) is 0 Å². The van der Waals surface area contributed by atoms with Crippen LogP contribution in [-0.4, -0.2) is 12.3 Å². The van der Waals surface area contributed by atoms with Crippen LogP contribution in [0.15, 0.2) is 14.9 Å². The summed E-state index contributed by atoms with van der Waals surface area (Å²) in [6.07, 6.45) is 3.30. The van der Waals surface area contributed by atoms with Gasteiger partial charge in [0.15, 0.2) is 0 Å². The molecule has 0 saturated heterocycles. The number of halogens is 1. The van der Waals surface area contributed by atoms with Gasteiger partial charge in [0.05, 0.1) is 6.07 Å². The van der Waals surface area contributed by atoms with E-state index in [1.807, 2.05) is 6.07 Å². The van der Waals surface area contributed by atoms with Crippen molar-refractivity contribution in [3.63, 3.8) is 0 Å². The van der Waals surface area contributed by atoms with Crippen LogP contribution >= 0.6 is 22.6 Å². The molecule has 0 aromatic heterocycles. The first-order chi connectivity index (χ1) is 4.33. The van der Waals surface area contributed by atoms with Crippen molar-refractivity contribution >= 4 is 28.8 Å². The molecule has 9 heavy (non-hydrogen) atoms. The van der Waals surface area contributed by atoms with Gasteiger partial charge in [0, 0.05) is 12.4 Å². The Labute approximate surface area is 66.6 Å². The summed E-state index contributed by atoms with van der Waals surface area (Å²) >= 11 is 2.07. The highest BCUT2D eigenvalue weighted by Crippen LogP contribution is 2.07. The van der Waals surface area contributed by atoms with Crippen molar-refractivity contribution < 1.29 is 0 Å². The predicted molar refractivity (Wildman–Crippen MR) is 43.1 cm³/mol. The van der Waals surface area contributed by atoms with Crippen LogP contribution in [0.4, 0.5) is 0 Å². The van der Waals surface area contributed by atoms with Crippen LogP contribution in [-0.2, 0) is 0 Å².